The fourth-order valence-electron chi connectivity index (χ4n) is 3.49. The topological polar surface area (TPSA) is 49.4 Å². The van der Waals surface area contributed by atoms with Gasteiger partial charge in [-0.3, -0.25) is 9.59 Å². The molecule has 2 aromatic rings. The number of unbranched alkanes of at least 4 members (excludes halogenated alkanes) is 1. The van der Waals surface area contributed by atoms with Crippen LogP contribution in [0.3, 0.4) is 0 Å². The summed E-state index contributed by atoms with van der Waals surface area (Å²) in [5.41, 5.74) is 3.83. The molecule has 1 aliphatic rings. The van der Waals surface area contributed by atoms with E-state index in [1.165, 1.54) is 5.56 Å². The molecule has 1 amide bonds. The molecule has 0 aromatic heterocycles. The average Bonchev–Trinajstić information content (AvgIpc) is 2.70. The molecule has 1 heterocycles. The Morgan fingerprint density at radius 3 is 2.75 bits per heavy atom. The number of Topliss-reactive ketones (excluding diaryl/α,β-unsaturated/α-hetero) is 1. The Labute approximate surface area is 171 Å². The van der Waals surface area contributed by atoms with Crippen LogP contribution in [0.25, 0.3) is 0 Å². The summed E-state index contributed by atoms with van der Waals surface area (Å²) in [5.74, 6) is 0.226. The summed E-state index contributed by atoms with van der Waals surface area (Å²) in [6.07, 6.45) is 4.56. The number of rotatable bonds is 9. The Morgan fingerprint density at radius 1 is 1.11 bits per heavy atom. The van der Waals surface area contributed by atoms with Gasteiger partial charge in [0, 0.05) is 35.7 Å². The highest BCUT2D eigenvalue weighted by molar-refractivity contribution is 6.31. The van der Waals surface area contributed by atoms with Crippen LogP contribution in [-0.2, 0) is 17.6 Å². The summed E-state index contributed by atoms with van der Waals surface area (Å²) >= 11 is 6.20. The predicted molar refractivity (Wildman–Crippen MR) is 114 cm³/mol. The van der Waals surface area contributed by atoms with Crippen LogP contribution in [0.4, 0.5) is 5.69 Å². The molecule has 0 saturated carbocycles. The van der Waals surface area contributed by atoms with Crippen molar-refractivity contribution in [3.05, 3.63) is 64.2 Å². The van der Waals surface area contributed by atoms with E-state index in [0.717, 1.165) is 54.2 Å². The first-order chi connectivity index (χ1) is 13.5. The van der Waals surface area contributed by atoms with Crippen LogP contribution in [0.2, 0.25) is 5.02 Å². The van der Waals surface area contributed by atoms with E-state index in [0.29, 0.717) is 19.3 Å². The minimum atomic E-state index is 0.0465. The number of anilines is 1. The number of halogens is 1. The van der Waals surface area contributed by atoms with Gasteiger partial charge in [0.05, 0.1) is 0 Å². The molecule has 0 aliphatic carbocycles. The summed E-state index contributed by atoms with van der Waals surface area (Å²) in [4.78, 5) is 26.2. The van der Waals surface area contributed by atoms with Crippen molar-refractivity contribution in [1.82, 2.24) is 4.90 Å². The number of nitrogens with one attached hydrogen (secondary N) is 1. The van der Waals surface area contributed by atoms with E-state index in [9.17, 15) is 9.59 Å². The van der Waals surface area contributed by atoms with Crippen molar-refractivity contribution in [2.24, 2.45) is 0 Å². The molecule has 5 heteroatoms. The number of hydrogen-bond acceptors (Lipinski definition) is 3. The van der Waals surface area contributed by atoms with Crippen LogP contribution in [-0.4, -0.2) is 36.7 Å². The van der Waals surface area contributed by atoms with Crippen molar-refractivity contribution in [2.75, 3.05) is 25.5 Å². The number of benzene rings is 2. The van der Waals surface area contributed by atoms with Crippen LogP contribution >= 0.6 is 11.6 Å². The number of fused-ring (bicyclic) bond motifs is 1. The van der Waals surface area contributed by atoms with Gasteiger partial charge in [0.15, 0.2) is 5.78 Å². The zero-order chi connectivity index (χ0) is 19.9. The highest BCUT2D eigenvalue weighted by Crippen LogP contribution is 2.24. The molecule has 0 unspecified atom stereocenters. The van der Waals surface area contributed by atoms with Gasteiger partial charge >= 0.3 is 0 Å². The smallest absolute Gasteiger partial charge is 0.224 e. The lowest BCUT2D eigenvalue weighted by molar-refractivity contribution is -0.116. The molecule has 4 nitrogen and oxygen atoms in total. The van der Waals surface area contributed by atoms with Gasteiger partial charge in [-0.25, -0.2) is 0 Å². The Balaban J connectivity index is 1.38. The molecule has 28 heavy (non-hydrogen) atoms. The minimum absolute atomic E-state index is 0.0465. The fraction of sp³-hybridized carbons (Fsp3) is 0.391. The van der Waals surface area contributed by atoms with Crippen LogP contribution in [0.5, 0.6) is 0 Å². The van der Waals surface area contributed by atoms with Crippen LogP contribution in [0.15, 0.2) is 42.5 Å². The molecular weight excluding hydrogens is 372 g/mol. The third kappa shape index (κ3) is 5.66. The van der Waals surface area contributed by atoms with Crippen molar-refractivity contribution < 1.29 is 9.59 Å². The second kappa shape index (κ2) is 9.85. The number of ketones is 1. The Bertz CT molecular complexity index is 850. The predicted octanol–water partition coefficient (Wildman–Crippen LogP) is 4.75. The first kappa shape index (κ1) is 20.6. The second-order valence-electron chi connectivity index (χ2n) is 7.45. The summed E-state index contributed by atoms with van der Waals surface area (Å²) in [5, 5.41) is 3.68. The molecule has 0 saturated heterocycles. The summed E-state index contributed by atoms with van der Waals surface area (Å²) < 4.78 is 0. The number of hydrogen-bond donors (Lipinski definition) is 1. The van der Waals surface area contributed by atoms with Crippen molar-refractivity contribution >= 4 is 29.0 Å². The number of nitrogens with zero attached hydrogens (tertiary/aromatic N) is 1. The minimum Gasteiger partial charge on any atom is -0.326 e. The largest absolute Gasteiger partial charge is 0.326 e. The molecule has 0 radical (unpaired) electrons. The van der Waals surface area contributed by atoms with Crippen molar-refractivity contribution in [3.63, 3.8) is 0 Å². The van der Waals surface area contributed by atoms with E-state index in [2.05, 4.69) is 23.3 Å². The lowest BCUT2D eigenvalue weighted by Crippen LogP contribution is -2.22. The third-order valence-electron chi connectivity index (χ3n) is 5.24. The van der Waals surface area contributed by atoms with Crippen LogP contribution < -0.4 is 5.32 Å². The normalized spacial score (nSPS) is 13.3. The van der Waals surface area contributed by atoms with E-state index < -0.39 is 0 Å². The monoisotopic (exact) mass is 398 g/mol. The van der Waals surface area contributed by atoms with E-state index in [-0.39, 0.29) is 11.7 Å². The lowest BCUT2D eigenvalue weighted by atomic mass is 9.97. The Morgan fingerprint density at radius 2 is 1.93 bits per heavy atom. The number of carbonyl (C=O) groups excluding carboxylic acids is 2. The highest BCUT2D eigenvalue weighted by atomic mass is 35.5. The van der Waals surface area contributed by atoms with Gasteiger partial charge in [-0.1, -0.05) is 29.8 Å². The second-order valence-corrected chi connectivity index (χ2v) is 7.85. The SMILES string of the molecule is CN(CCCCC(=O)c1ccc2c(c1)CCC(=O)N2)CCc1ccccc1Cl. The molecule has 0 spiro atoms. The summed E-state index contributed by atoms with van der Waals surface area (Å²) in [6, 6.07) is 13.6. The van der Waals surface area contributed by atoms with E-state index in [1.807, 2.05) is 36.4 Å². The van der Waals surface area contributed by atoms with Crippen molar-refractivity contribution in [2.45, 2.75) is 38.5 Å². The van der Waals surface area contributed by atoms with Crippen LogP contribution in [0.1, 0.15) is 47.2 Å². The maximum atomic E-state index is 12.5. The number of aryl methyl sites for hydroxylation is 1. The Hall–Kier alpha value is -2.17. The van der Waals surface area contributed by atoms with Gasteiger partial charge < -0.3 is 10.2 Å². The molecule has 0 bridgehead atoms. The fourth-order valence-corrected chi connectivity index (χ4v) is 3.72. The van der Waals surface area contributed by atoms with Crippen LogP contribution in [0, 0.1) is 0 Å². The molecular formula is C23H27ClN2O2. The van der Waals surface area contributed by atoms with E-state index in [1.54, 1.807) is 0 Å². The average molecular weight is 399 g/mol. The molecule has 1 aliphatic heterocycles. The zero-order valence-electron chi connectivity index (χ0n) is 16.3. The van der Waals surface area contributed by atoms with E-state index >= 15 is 0 Å². The Kier molecular flexibility index (Phi) is 7.24. The van der Waals surface area contributed by atoms with Crippen molar-refractivity contribution in [1.29, 1.82) is 0 Å². The van der Waals surface area contributed by atoms with E-state index in [4.69, 9.17) is 11.6 Å². The maximum Gasteiger partial charge on any atom is 0.224 e. The van der Waals surface area contributed by atoms with Gasteiger partial charge in [-0.2, -0.15) is 0 Å². The molecule has 148 valence electrons. The quantitative estimate of drug-likeness (QED) is 0.489. The molecule has 0 fully saturated rings. The highest BCUT2D eigenvalue weighted by Gasteiger charge is 2.16. The van der Waals surface area contributed by atoms with Crippen molar-refractivity contribution in [3.8, 4) is 0 Å². The summed E-state index contributed by atoms with van der Waals surface area (Å²) in [7, 11) is 2.11. The van der Waals surface area contributed by atoms with Gasteiger partial charge in [0.2, 0.25) is 5.91 Å². The molecule has 2 aromatic carbocycles. The first-order valence-corrected chi connectivity index (χ1v) is 10.3. The number of likely N-dealkylation sites (N-methyl/N-ethyl adjacent to an activating group) is 1. The van der Waals surface area contributed by atoms with Gasteiger partial charge in [-0.15, -0.1) is 0 Å². The number of amides is 1. The molecule has 0 atom stereocenters. The molecule has 1 N–H and O–H groups in total. The van der Waals surface area contributed by atoms with Gasteiger partial charge in [-0.05, 0) is 74.7 Å². The zero-order valence-corrected chi connectivity index (χ0v) is 17.1. The summed E-state index contributed by atoms with van der Waals surface area (Å²) in [6.45, 7) is 1.92. The third-order valence-corrected chi connectivity index (χ3v) is 5.61. The number of carbonyl (C=O) groups is 2. The van der Waals surface area contributed by atoms with Gasteiger partial charge in [0.1, 0.15) is 0 Å². The standard InChI is InChI=1S/C23H27ClN2O2/c1-26(15-13-17-6-2-3-7-20(17)24)14-5-4-8-22(27)19-9-11-21-18(16-19)10-12-23(28)25-21/h2-3,6-7,9,11,16H,4-5,8,10,12-15H2,1H3,(H,25,28). The maximum absolute atomic E-state index is 12.5. The van der Waals surface area contributed by atoms with Gasteiger partial charge in [0.25, 0.3) is 0 Å². The lowest BCUT2D eigenvalue weighted by Gasteiger charge is -2.18. The first-order valence-electron chi connectivity index (χ1n) is 9.91. The molecule has 3 rings (SSSR count).